The molecule has 1 aliphatic carbocycles. The SMILES string of the molecule is COc1ccc(C2CN(C(=O)c3cccnc3)CCO2)cc1OCCC1Cc2ccccc2C1. The summed E-state index contributed by atoms with van der Waals surface area (Å²) in [7, 11) is 1.65. The number of methoxy groups -OCH3 is 1. The molecule has 2 aromatic carbocycles. The van der Waals surface area contributed by atoms with E-state index in [0.29, 0.717) is 43.5 Å². The summed E-state index contributed by atoms with van der Waals surface area (Å²) in [5.74, 6) is 2.01. The molecule has 1 aromatic heterocycles. The van der Waals surface area contributed by atoms with Crippen molar-refractivity contribution in [2.45, 2.75) is 25.4 Å². The van der Waals surface area contributed by atoms with Gasteiger partial charge in [0, 0.05) is 18.9 Å². The molecule has 3 aromatic rings. The number of amides is 1. The first-order valence-corrected chi connectivity index (χ1v) is 11.9. The van der Waals surface area contributed by atoms with E-state index in [1.807, 2.05) is 23.1 Å². The summed E-state index contributed by atoms with van der Waals surface area (Å²) in [4.78, 5) is 18.8. The van der Waals surface area contributed by atoms with Crippen LogP contribution in [-0.4, -0.2) is 49.2 Å². The molecule has 1 saturated heterocycles. The number of carbonyl (C=O) groups excluding carboxylic acids is 1. The van der Waals surface area contributed by atoms with E-state index in [-0.39, 0.29) is 12.0 Å². The number of hydrogen-bond donors (Lipinski definition) is 0. The summed E-state index contributed by atoms with van der Waals surface area (Å²) >= 11 is 0. The number of rotatable bonds is 7. The normalized spacial score (nSPS) is 17.9. The third kappa shape index (κ3) is 4.92. The predicted molar refractivity (Wildman–Crippen MR) is 129 cm³/mol. The topological polar surface area (TPSA) is 60.9 Å². The maximum atomic E-state index is 12.9. The molecule has 6 nitrogen and oxygen atoms in total. The third-order valence-electron chi connectivity index (χ3n) is 6.74. The molecule has 1 amide bonds. The van der Waals surface area contributed by atoms with Gasteiger partial charge in [-0.05, 0) is 66.1 Å². The fourth-order valence-electron chi connectivity index (χ4n) is 4.90. The van der Waals surface area contributed by atoms with Gasteiger partial charge in [0.05, 0.1) is 32.4 Å². The van der Waals surface area contributed by atoms with Gasteiger partial charge in [0.15, 0.2) is 11.5 Å². The van der Waals surface area contributed by atoms with Gasteiger partial charge in [0.1, 0.15) is 6.10 Å². The zero-order chi connectivity index (χ0) is 23.3. The highest BCUT2D eigenvalue weighted by atomic mass is 16.5. The van der Waals surface area contributed by atoms with Crippen molar-refractivity contribution in [3.05, 3.63) is 89.2 Å². The molecule has 0 radical (unpaired) electrons. The second-order valence-corrected chi connectivity index (χ2v) is 8.94. The molecule has 2 heterocycles. The van der Waals surface area contributed by atoms with Crippen molar-refractivity contribution < 1.29 is 19.0 Å². The number of carbonyl (C=O) groups is 1. The average molecular weight is 459 g/mol. The van der Waals surface area contributed by atoms with E-state index < -0.39 is 0 Å². The molecular weight excluding hydrogens is 428 g/mol. The van der Waals surface area contributed by atoms with Gasteiger partial charge >= 0.3 is 0 Å². The Labute approximate surface area is 200 Å². The van der Waals surface area contributed by atoms with Gasteiger partial charge in [-0.25, -0.2) is 0 Å². The van der Waals surface area contributed by atoms with Crippen LogP contribution in [0.1, 0.15) is 39.6 Å². The number of morpholine rings is 1. The van der Waals surface area contributed by atoms with Crippen molar-refractivity contribution in [3.63, 3.8) is 0 Å². The second kappa shape index (κ2) is 10.3. The van der Waals surface area contributed by atoms with Crippen molar-refractivity contribution in [2.75, 3.05) is 33.4 Å². The lowest BCUT2D eigenvalue weighted by atomic mass is 10.0. The van der Waals surface area contributed by atoms with Crippen LogP contribution in [0.5, 0.6) is 11.5 Å². The van der Waals surface area contributed by atoms with E-state index in [2.05, 4.69) is 29.2 Å². The summed E-state index contributed by atoms with van der Waals surface area (Å²) in [6, 6.07) is 18.2. The largest absolute Gasteiger partial charge is 0.493 e. The fraction of sp³-hybridized carbons (Fsp3) is 0.357. The van der Waals surface area contributed by atoms with E-state index in [9.17, 15) is 4.79 Å². The van der Waals surface area contributed by atoms with Crippen LogP contribution in [-0.2, 0) is 17.6 Å². The molecule has 0 bridgehead atoms. The van der Waals surface area contributed by atoms with E-state index >= 15 is 0 Å². The maximum Gasteiger partial charge on any atom is 0.255 e. The summed E-state index contributed by atoms with van der Waals surface area (Å²) in [6.45, 7) is 2.17. The standard InChI is InChI=1S/C28H30N2O4/c1-32-25-9-8-23(27-19-30(12-14-34-27)28(31)24-7-4-11-29-18-24)17-26(25)33-13-10-20-15-21-5-2-3-6-22(21)16-20/h2-9,11,17-18,20,27H,10,12-16,19H2,1H3. The van der Waals surface area contributed by atoms with Gasteiger partial charge in [-0.1, -0.05) is 30.3 Å². The number of aromatic nitrogens is 1. The fourth-order valence-corrected chi connectivity index (χ4v) is 4.90. The van der Waals surface area contributed by atoms with Gasteiger partial charge in [-0.2, -0.15) is 0 Å². The number of hydrogen-bond acceptors (Lipinski definition) is 5. The molecule has 1 aliphatic heterocycles. The van der Waals surface area contributed by atoms with Crippen LogP contribution < -0.4 is 9.47 Å². The third-order valence-corrected chi connectivity index (χ3v) is 6.74. The van der Waals surface area contributed by atoms with E-state index in [0.717, 1.165) is 30.6 Å². The highest BCUT2D eigenvalue weighted by Gasteiger charge is 2.27. The van der Waals surface area contributed by atoms with Gasteiger partial charge in [-0.3, -0.25) is 9.78 Å². The van der Waals surface area contributed by atoms with Crippen molar-refractivity contribution in [3.8, 4) is 11.5 Å². The minimum absolute atomic E-state index is 0.0241. The van der Waals surface area contributed by atoms with Crippen LogP contribution in [0.4, 0.5) is 0 Å². The molecular formula is C28H30N2O4. The number of pyridine rings is 1. The van der Waals surface area contributed by atoms with E-state index in [4.69, 9.17) is 14.2 Å². The molecule has 0 spiro atoms. The number of benzene rings is 2. The Kier molecular flexibility index (Phi) is 6.77. The molecule has 1 atom stereocenters. The summed E-state index contributed by atoms with van der Waals surface area (Å²) in [5, 5.41) is 0. The average Bonchev–Trinajstić information content (AvgIpc) is 3.31. The monoisotopic (exact) mass is 458 g/mol. The quantitative estimate of drug-likeness (QED) is 0.522. The van der Waals surface area contributed by atoms with Crippen molar-refractivity contribution in [2.24, 2.45) is 5.92 Å². The van der Waals surface area contributed by atoms with Crippen LogP contribution in [0, 0.1) is 5.92 Å². The van der Waals surface area contributed by atoms with Crippen LogP contribution >= 0.6 is 0 Å². The Hall–Kier alpha value is -3.38. The number of nitrogens with zero attached hydrogens (tertiary/aromatic N) is 2. The van der Waals surface area contributed by atoms with Crippen molar-refractivity contribution in [1.29, 1.82) is 0 Å². The minimum atomic E-state index is -0.216. The Morgan fingerprint density at radius 1 is 1.09 bits per heavy atom. The van der Waals surface area contributed by atoms with Crippen LogP contribution in [0.3, 0.4) is 0 Å². The summed E-state index contributed by atoms with van der Waals surface area (Å²) in [6.07, 6.45) is 6.29. The molecule has 6 heteroatoms. The van der Waals surface area contributed by atoms with E-state index in [1.54, 1.807) is 31.6 Å². The van der Waals surface area contributed by atoms with Crippen LogP contribution in [0.2, 0.25) is 0 Å². The smallest absolute Gasteiger partial charge is 0.255 e. The Balaban J connectivity index is 1.22. The lowest BCUT2D eigenvalue weighted by Crippen LogP contribution is -2.42. The minimum Gasteiger partial charge on any atom is -0.493 e. The summed E-state index contributed by atoms with van der Waals surface area (Å²) in [5.41, 5.74) is 4.50. The Morgan fingerprint density at radius 3 is 2.65 bits per heavy atom. The molecule has 0 saturated carbocycles. The molecule has 176 valence electrons. The Morgan fingerprint density at radius 2 is 1.91 bits per heavy atom. The predicted octanol–water partition coefficient (Wildman–Crippen LogP) is 4.49. The van der Waals surface area contributed by atoms with Crippen LogP contribution in [0.25, 0.3) is 0 Å². The second-order valence-electron chi connectivity index (χ2n) is 8.94. The first-order valence-electron chi connectivity index (χ1n) is 11.9. The summed E-state index contributed by atoms with van der Waals surface area (Å²) < 4.78 is 17.8. The lowest BCUT2D eigenvalue weighted by Gasteiger charge is -2.33. The van der Waals surface area contributed by atoms with Crippen LogP contribution in [0.15, 0.2) is 67.0 Å². The molecule has 0 N–H and O–H groups in total. The first kappa shape index (κ1) is 22.4. The van der Waals surface area contributed by atoms with Gasteiger partial charge in [0.25, 0.3) is 5.91 Å². The maximum absolute atomic E-state index is 12.9. The number of fused-ring (bicyclic) bond motifs is 1. The zero-order valence-corrected chi connectivity index (χ0v) is 19.5. The zero-order valence-electron chi connectivity index (χ0n) is 19.5. The van der Waals surface area contributed by atoms with E-state index in [1.165, 1.54) is 11.1 Å². The first-order chi connectivity index (χ1) is 16.7. The Bertz CT molecular complexity index is 1110. The highest BCUT2D eigenvalue weighted by Crippen LogP contribution is 2.34. The highest BCUT2D eigenvalue weighted by molar-refractivity contribution is 5.94. The molecule has 5 rings (SSSR count). The molecule has 34 heavy (non-hydrogen) atoms. The molecule has 1 unspecified atom stereocenters. The molecule has 2 aliphatic rings. The van der Waals surface area contributed by atoms with Crippen molar-refractivity contribution >= 4 is 5.91 Å². The van der Waals surface area contributed by atoms with Crippen molar-refractivity contribution in [1.82, 2.24) is 9.88 Å². The van der Waals surface area contributed by atoms with Gasteiger partial charge in [0.2, 0.25) is 0 Å². The van der Waals surface area contributed by atoms with Gasteiger partial charge < -0.3 is 19.1 Å². The lowest BCUT2D eigenvalue weighted by molar-refractivity contribution is -0.0229. The van der Waals surface area contributed by atoms with Gasteiger partial charge in [-0.15, -0.1) is 0 Å². The molecule has 1 fully saturated rings. The number of ether oxygens (including phenoxy) is 3.